The van der Waals surface area contributed by atoms with Crippen LogP contribution in [0.3, 0.4) is 0 Å². The quantitative estimate of drug-likeness (QED) is 0.319. The predicted molar refractivity (Wildman–Crippen MR) is 131 cm³/mol. The largest absolute Gasteiger partial charge is 0.491 e. The molecule has 0 unspecified atom stereocenters. The highest BCUT2D eigenvalue weighted by atomic mass is 16.7. The monoisotopic (exact) mass is 418 g/mol. The fraction of sp³-hybridized carbons (Fsp3) is 0.556. The maximum Gasteiger partial charge on any atom is 0.168 e. The van der Waals surface area contributed by atoms with E-state index in [9.17, 15) is 0 Å². The number of benzene rings is 2. The van der Waals surface area contributed by atoms with Gasteiger partial charge in [-0.25, -0.2) is 0 Å². The molecule has 30 heavy (non-hydrogen) atoms. The van der Waals surface area contributed by atoms with Crippen LogP contribution in [-0.4, -0.2) is 19.0 Å². The van der Waals surface area contributed by atoms with E-state index >= 15 is 0 Å². The zero-order valence-electron chi connectivity index (χ0n) is 20.2. The molecule has 0 radical (unpaired) electrons. The van der Waals surface area contributed by atoms with Crippen molar-refractivity contribution in [3.63, 3.8) is 0 Å². The van der Waals surface area contributed by atoms with E-state index < -0.39 is 5.79 Å². The molecule has 2 aromatic rings. The molecule has 3 nitrogen and oxygen atoms in total. The molecule has 3 heteroatoms. The Morgan fingerprint density at radius 1 is 0.667 bits per heavy atom. The second-order valence-electron chi connectivity index (χ2n) is 6.26. The zero-order valence-corrected chi connectivity index (χ0v) is 20.2. The standard InChI is InChI=1S/C21H26O3.3C2H6.H2/c1-4-10-19(11-5-1)18-24-21(14-8-3-9-15-21)23-17-16-22-20-12-6-2-7-13-20;3*1-2;/h1-2,4-7,10-13H,3,8-9,14-18H2;3*1-2H3;1H. The van der Waals surface area contributed by atoms with E-state index in [1.165, 1.54) is 12.0 Å². The normalized spacial score (nSPS) is 13.9. The van der Waals surface area contributed by atoms with E-state index in [1.807, 2.05) is 90.1 Å². The molecular weight excluding hydrogens is 372 g/mol. The van der Waals surface area contributed by atoms with Crippen LogP contribution in [0.25, 0.3) is 0 Å². The second-order valence-corrected chi connectivity index (χ2v) is 6.26. The van der Waals surface area contributed by atoms with Gasteiger partial charge in [0.15, 0.2) is 5.79 Å². The molecule has 0 aromatic heterocycles. The molecule has 0 heterocycles. The van der Waals surface area contributed by atoms with Crippen molar-refractivity contribution in [1.29, 1.82) is 0 Å². The van der Waals surface area contributed by atoms with Crippen LogP contribution in [0.5, 0.6) is 5.75 Å². The smallest absolute Gasteiger partial charge is 0.168 e. The van der Waals surface area contributed by atoms with Crippen molar-refractivity contribution in [2.75, 3.05) is 13.2 Å². The highest BCUT2D eigenvalue weighted by Gasteiger charge is 2.34. The van der Waals surface area contributed by atoms with Crippen molar-refractivity contribution in [2.24, 2.45) is 0 Å². The number of hydrogen-bond acceptors (Lipinski definition) is 3. The summed E-state index contributed by atoms with van der Waals surface area (Å²) in [6.07, 6.45) is 5.51. The summed E-state index contributed by atoms with van der Waals surface area (Å²) in [7, 11) is 0. The molecule has 172 valence electrons. The van der Waals surface area contributed by atoms with Crippen molar-refractivity contribution < 1.29 is 15.6 Å². The Hall–Kier alpha value is -1.84. The molecular formula is C27H46O3. The lowest BCUT2D eigenvalue weighted by atomic mass is 9.94. The molecule has 0 bridgehead atoms. The number of para-hydroxylation sites is 1. The minimum atomic E-state index is -0.450. The minimum absolute atomic E-state index is 0. The SMILES string of the molecule is CC.CC.CC.[HH].c1ccc(COC2(OCCOc3ccccc3)CCCCC2)cc1. The minimum Gasteiger partial charge on any atom is -0.491 e. The molecule has 0 aliphatic heterocycles. The topological polar surface area (TPSA) is 27.7 Å². The summed E-state index contributed by atoms with van der Waals surface area (Å²) in [4.78, 5) is 0. The van der Waals surface area contributed by atoms with Crippen LogP contribution in [-0.2, 0) is 16.1 Å². The van der Waals surface area contributed by atoms with E-state index in [0.717, 1.165) is 31.4 Å². The number of ether oxygens (including phenoxy) is 3. The summed E-state index contributed by atoms with van der Waals surface area (Å²) in [6.45, 7) is 13.7. The van der Waals surface area contributed by atoms with Crippen LogP contribution in [0.1, 0.15) is 80.6 Å². The maximum atomic E-state index is 6.23. The van der Waals surface area contributed by atoms with Crippen LogP contribution >= 0.6 is 0 Å². The van der Waals surface area contributed by atoms with Gasteiger partial charge in [0.2, 0.25) is 0 Å². The van der Waals surface area contributed by atoms with Crippen LogP contribution in [0.2, 0.25) is 0 Å². The Morgan fingerprint density at radius 3 is 1.77 bits per heavy atom. The van der Waals surface area contributed by atoms with Crippen molar-refractivity contribution in [2.45, 2.75) is 86.0 Å². The summed E-state index contributed by atoms with van der Waals surface area (Å²) in [6, 6.07) is 20.1. The third kappa shape index (κ3) is 11.4. The zero-order chi connectivity index (χ0) is 22.5. The van der Waals surface area contributed by atoms with Gasteiger partial charge in [0.05, 0.1) is 13.2 Å². The fourth-order valence-electron chi connectivity index (χ4n) is 3.11. The molecule has 1 saturated carbocycles. The molecule has 0 atom stereocenters. The lowest BCUT2D eigenvalue weighted by molar-refractivity contribution is -0.260. The maximum absolute atomic E-state index is 6.23. The van der Waals surface area contributed by atoms with Gasteiger partial charge < -0.3 is 14.2 Å². The third-order valence-corrected chi connectivity index (χ3v) is 4.42. The molecule has 0 spiro atoms. The molecule has 0 amide bonds. The van der Waals surface area contributed by atoms with E-state index in [1.54, 1.807) is 0 Å². The van der Waals surface area contributed by atoms with E-state index in [4.69, 9.17) is 14.2 Å². The van der Waals surface area contributed by atoms with Gasteiger partial charge in [0, 0.05) is 14.3 Å². The number of rotatable bonds is 8. The van der Waals surface area contributed by atoms with Crippen LogP contribution in [0, 0.1) is 0 Å². The van der Waals surface area contributed by atoms with Crippen molar-refractivity contribution in [3.05, 3.63) is 66.2 Å². The molecule has 3 rings (SSSR count). The van der Waals surface area contributed by atoms with Gasteiger partial charge in [-0.3, -0.25) is 0 Å². The van der Waals surface area contributed by atoms with Crippen LogP contribution < -0.4 is 4.74 Å². The first-order valence-corrected chi connectivity index (χ1v) is 11.9. The first-order valence-electron chi connectivity index (χ1n) is 11.9. The number of hydrogen-bond donors (Lipinski definition) is 0. The van der Waals surface area contributed by atoms with Gasteiger partial charge in [-0.1, -0.05) is 96.5 Å². The Balaban J connectivity index is 0. The highest BCUT2D eigenvalue weighted by molar-refractivity contribution is 5.20. The van der Waals surface area contributed by atoms with E-state index in [2.05, 4.69) is 12.1 Å². The second kappa shape index (κ2) is 19.1. The lowest BCUT2D eigenvalue weighted by Crippen LogP contribution is -2.39. The van der Waals surface area contributed by atoms with Gasteiger partial charge in [-0.2, -0.15) is 0 Å². The molecule has 1 aliphatic rings. The van der Waals surface area contributed by atoms with E-state index in [0.29, 0.717) is 19.8 Å². The summed E-state index contributed by atoms with van der Waals surface area (Å²) >= 11 is 0. The molecule has 1 fully saturated rings. The third-order valence-electron chi connectivity index (χ3n) is 4.42. The molecule has 0 N–H and O–H groups in total. The van der Waals surface area contributed by atoms with Crippen LogP contribution in [0.15, 0.2) is 60.7 Å². The lowest BCUT2D eigenvalue weighted by Gasteiger charge is -2.37. The fourth-order valence-corrected chi connectivity index (χ4v) is 3.11. The summed E-state index contributed by atoms with van der Waals surface area (Å²) in [5.41, 5.74) is 1.19. The van der Waals surface area contributed by atoms with Gasteiger partial charge in [0.25, 0.3) is 0 Å². The molecule has 1 aliphatic carbocycles. The average molecular weight is 419 g/mol. The van der Waals surface area contributed by atoms with Gasteiger partial charge in [-0.05, 0) is 30.5 Å². The first kappa shape index (κ1) is 28.2. The van der Waals surface area contributed by atoms with Gasteiger partial charge in [0.1, 0.15) is 12.4 Å². The predicted octanol–water partition coefficient (Wildman–Crippen LogP) is 8.28. The van der Waals surface area contributed by atoms with Crippen molar-refractivity contribution in [3.8, 4) is 5.75 Å². The summed E-state index contributed by atoms with van der Waals surface area (Å²) in [5, 5.41) is 0. The van der Waals surface area contributed by atoms with Crippen molar-refractivity contribution >= 4 is 0 Å². The molecule has 2 aromatic carbocycles. The van der Waals surface area contributed by atoms with Gasteiger partial charge in [-0.15, -0.1) is 0 Å². The Labute approximate surface area is 187 Å². The first-order chi connectivity index (χ1) is 14.9. The highest BCUT2D eigenvalue weighted by Crippen LogP contribution is 2.33. The summed E-state index contributed by atoms with van der Waals surface area (Å²) in [5.74, 6) is 0.428. The van der Waals surface area contributed by atoms with E-state index in [-0.39, 0.29) is 1.43 Å². The van der Waals surface area contributed by atoms with Crippen molar-refractivity contribution in [1.82, 2.24) is 0 Å². The Kier molecular flexibility index (Phi) is 18.0. The average Bonchev–Trinajstić information content (AvgIpc) is 2.86. The Bertz CT molecular complexity index is 584. The Morgan fingerprint density at radius 2 is 1.20 bits per heavy atom. The van der Waals surface area contributed by atoms with Gasteiger partial charge >= 0.3 is 0 Å². The molecule has 0 saturated heterocycles. The summed E-state index contributed by atoms with van der Waals surface area (Å²) < 4.78 is 18.1. The van der Waals surface area contributed by atoms with Crippen LogP contribution in [0.4, 0.5) is 0 Å².